The largest absolute Gasteiger partial charge is 0.289 e. The SMILES string of the molecule is O=C(Cn1cnc2sc3c(c2c1=O)CCCC3)NN=CC=Cc1ccc(Cl)c(Cl)c1. The van der Waals surface area contributed by atoms with Gasteiger partial charge in [0, 0.05) is 11.1 Å². The molecular formula is C21H18Cl2N4O2S. The first-order chi connectivity index (χ1) is 14.5. The molecule has 1 aromatic carbocycles. The minimum Gasteiger partial charge on any atom is -0.289 e. The van der Waals surface area contributed by atoms with Crippen LogP contribution in [0, 0.1) is 0 Å². The number of hydrazone groups is 1. The molecular weight excluding hydrogens is 443 g/mol. The molecule has 9 heteroatoms. The quantitative estimate of drug-likeness (QED) is 0.450. The number of amides is 1. The van der Waals surface area contributed by atoms with Gasteiger partial charge in [-0.05, 0) is 55.0 Å². The summed E-state index contributed by atoms with van der Waals surface area (Å²) in [6.45, 7) is -0.139. The van der Waals surface area contributed by atoms with E-state index in [2.05, 4.69) is 15.5 Å². The molecule has 0 saturated heterocycles. The number of hydrogen-bond donors (Lipinski definition) is 1. The van der Waals surface area contributed by atoms with E-state index in [-0.39, 0.29) is 12.1 Å². The van der Waals surface area contributed by atoms with E-state index in [9.17, 15) is 9.59 Å². The highest BCUT2D eigenvalue weighted by atomic mass is 35.5. The van der Waals surface area contributed by atoms with E-state index >= 15 is 0 Å². The van der Waals surface area contributed by atoms with Gasteiger partial charge in [0.15, 0.2) is 0 Å². The number of allylic oxidation sites excluding steroid dienone is 1. The number of carbonyl (C=O) groups excluding carboxylic acids is 1. The van der Waals surface area contributed by atoms with Gasteiger partial charge in [-0.1, -0.05) is 35.3 Å². The fraction of sp³-hybridized carbons (Fsp3) is 0.238. The summed E-state index contributed by atoms with van der Waals surface area (Å²) in [6.07, 6.45) is 10.4. The van der Waals surface area contributed by atoms with Crippen molar-refractivity contribution in [2.24, 2.45) is 5.10 Å². The second kappa shape index (κ2) is 9.12. The summed E-state index contributed by atoms with van der Waals surface area (Å²) in [7, 11) is 0. The van der Waals surface area contributed by atoms with Gasteiger partial charge < -0.3 is 0 Å². The lowest BCUT2D eigenvalue weighted by atomic mass is 9.97. The molecule has 0 aliphatic heterocycles. The maximum Gasteiger partial charge on any atom is 0.262 e. The number of aromatic nitrogens is 2. The van der Waals surface area contributed by atoms with Crippen LogP contribution in [0.1, 0.15) is 28.8 Å². The summed E-state index contributed by atoms with van der Waals surface area (Å²) >= 11 is 13.4. The third-order valence-electron chi connectivity index (χ3n) is 4.84. The molecule has 1 N–H and O–H groups in total. The van der Waals surface area contributed by atoms with Gasteiger partial charge in [-0.3, -0.25) is 14.2 Å². The van der Waals surface area contributed by atoms with E-state index in [1.165, 1.54) is 22.0 Å². The highest BCUT2D eigenvalue weighted by Crippen LogP contribution is 2.33. The van der Waals surface area contributed by atoms with Crippen molar-refractivity contribution in [1.82, 2.24) is 15.0 Å². The van der Waals surface area contributed by atoms with E-state index < -0.39 is 5.91 Å². The minimum absolute atomic E-state index is 0.139. The predicted molar refractivity (Wildman–Crippen MR) is 123 cm³/mol. The Bertz CT molecular complexity index is 1230. The van der Waals surface area contributed by atoms with Crippen LogP contribution in [0.4, 0.5) is 0 Å². The first-order valence-corrected chi connectivity index (χ1v) is 11.0. The normalized spacial score (nSPS) is 13.9. The second-order valence-electron chi connectivity index (χ2n) is 6.91. The van der Waals surface area contributed by atoms with Crippen LogP contribution >= 0.6 is 34.5 Å². The number of carbonyl (C=O) groups is 1. The lowest BCUT2D eigenvalue weighted by Gasteiger charge is -2.10. The van der Waals surface area contributed by atoms with Gasteiger partial charge >= 0.3 is 0 Å². The van der Waals surface area contributed by atoms with E-state index in [1.807, 2.05) is 6.07 Å². The highest BCUT2D eigenvalue weighted by molar-refractivity contribution is 7.18. The molecule has 1 aliphatic rings. The van der Waals surface area contributed by atoms with Crippen LogP contribution in [0.25, 0.3) is 16.3 Å². The molecule has 0 unspecified atom stereocenters. The van der Waals surface area contributed by atoms with Gasteiger partial charge in [0.25, 0.3) is 11.5 Å². The van der Waals surface area contributed by atoms with Crippen LogP contribution in [0.15, 0.2) is 40.5 Å². The molecule has 30 heavy (non-hydrogen) atoms. The Hall–Kier alpha value is -2.48. The van der Waals surface area contributed by atoms with Crippen molar-refractivity contribution in [1.29, 1.82) is 0 Å². The Balaban J connectivity index is 1.40. The first-order valence-electron chi connectivity index (χ1n) is 9.46. The summed E-state index contributed by atoms with van der Waals surface area (Å²) in [5.41, 5.74) is 4.21. The zero-order valence-corrected chi connectivity index (χ0v) is 18.2. The Labute approximate surface area is 186 Å². The van der Waals surface area contributed by atoms with Crippen molar-refractivity contribution in [3.05, 3.63) is 67.0 Å². The Morgan fingerprint density at radius 3 is 2.93 bits per heavy atom. The molecule has 154 valence electrons. The average molecular weight is 461 g/mol. The van der Waals surface area contributed by atoms with E-state index in [0.717, 1.165) is 41.6 Å². The number of rotatable bonds is 5. The van der Waals surface area contributed by atoms with Gasteiger partial charge in [-0.25, -0.2) is 10.4 Å². The van der Waals surface area contributed by atoms with Gasteiger partial charge in [0.1, 0.15) is 11.4 Å². The van der Waals surface area contributed by atoms with Crippen molar-refractivity contribution in [3.8, 4) is 0 Å². The van der Waals surface area contributed by atoms with E-state index in [0.29, 0.717) is 15.4 Å². The third-order valence-corrected chi connectivity index (χ3v) is 6.78. The van der Waals surface area contributed by atoms with Gasteiger partial charge in [0.2, 0.25) is 0 Å². The number of benzene rings is 1. The van der Waals surface area contributed by atoms with Crippen LogP contribution in [0.3, 0.4) is 0 Å². The molecule has 0 bridgehead atoms. The van der Waals surface area contributed by atoms with Crippen LogP contribution < -0.4 is 11.0 Å². The Kier molecular flexibility index (Phi) is 6.32. The second-order valence-corrected chi connectivity index (χ2v) is 8.81. The topological polar surface area (TPSA) is 76.3 Å². The third kappa shape index (κ3) is 4.48. The van der Waals surface area contributed by atoms with Crippen molar-refractivity contribution >= 4 is 63.0 Å². The Morgan fingerprint density at radius 1 is 1.27 bits per heavy atom. The fourth-order valence-corrected chi connectivity index (χ4v) is 4.93. The molecule has 6 nitrogen and oxygen atoms in total. The van der Waals surface area contributed by atoms with Crippen LogP contribution in [-0.4, -0.2) is 21.7 Å². The first kappa shape index (κ1) is 20.8. The molecule has 2 aromatic heterocycles. The summed E-state index contributed by atoms with van der Waals surface area (Å²) in [5.74, 6) is -0.401. The number of thiophene rings is 1. The van der Waals surface area contributed by atoms with Crippen molar-refractivity contribution in [3.63, 3.8) is 0 Å². The number of aryl methyl sites for hydroxylation is 2. The van der Waals surface area contributed by atoms with Gasteiger partial charge in [0.05, 0.1) is 21.8 Å². The standard InChI is InChI=1S/C21H18Cl2N4O2S/c22-15-8-7-13(10-16(15)23)4-3-9-25-26-18(28)11-27-12-24-20-19(21(27)29)14-5-1-2-6-17(14)30-20/h3-4,7-10,12H,1-2,5-6,11H2,(H,26,28). The van der Waals surface area contributed by atoms with Crippen LogP contribution in [0.5, 0.6) is 0 Å². The maximum atomic E-state index is 12.9. The van der Waals surface area contributed by atoms with Gasteiger partial charge in [-0.15, -0.1) is 11.3 Å². The van der Waals surface area contributed by atoms with Crippen molar-refractivity contribution in [2.75, 3.05) is 0 Å². The van der Waals surface area contributed by atoms with Crippen molar-refractivity contribution < 1.29 is 4.79 Å². The van der Waals surface area contributed by atoms with Crippen LogP contribution in [0.2, 0.25) is 10.0 Å². The predicted octanol–water partition coefficient (Wildman–Crippen LogP) is 4.46. The molecule has 0 spiro atoms. The monoisotopic (exact) mass is 460 g/mol. The lowest BCUT2D eigenvalue weighted by Crippen LogP contribution is -2.30. The van der Waals surface area contributed by atoms with Crippen molar-refractivity contribution in [2.45, 2.75) is 32.2 Å². The maximum absolute atomic E-state index is 12.9. The summed E-state index contributed by atoms with van der Waals surface area (Å²) in [5, 5.41) is 5.49. The molecule has 1 amide bonds. The Morgan fingerprint density at radius 2 is 2.10 bits per heavy atom. The number of fused-ring (bicyclic) bond motifs is 3. The molecule has 0 atom stereocenters. The average Bonchev–Trinajstić information content (AvgIpc) is 3.12. The fourth-order valence-electron chi connectivity index (χ4n) is 3.41. The smallest absolute Gasteiger partial charge is 0.262 e. The lowest BCUT2D eigenvalue weighted by molar-refractivity contribution is -0.121. The zero-order chi connectivity index (χ0) is 21.1. The van der Waals surface area contributed by atoms with E-state index in [1.54, 1.807) is 35.6 Å². The zero-order valence-electron chi connectivity index (χ0n) is 15.9. The number of nitrogens with zero attached hydrogens (tertiary/aromatic N) is 3. The van der Waals surface area contributed by atoms with Gasteiger partial charge in [-0.2, -0.15) is 5.10 Å². The molecule has 0 radical (unpaired) electrons. The molecule has 2 heterocycles. The number of halogens is 2. The summed E-state index contributed by atoms with van der Waals surface area (Å²) in [6, 6.07) is 5.25. The molecule has 1 aliphatic carbocycles. The molecule has 3 aromatic rings. The van der Waals surface area contributed by atoms with E-state index in [4.69, 9.17) is 23.2 Å². The molecule has 0 fully saturated rings. The number of nitrogens with one attached hydrogen (secondary N) is 1. The number of hydrogen-bond acceptors (Lipinski definition) is 5. The molecule has 0 saturated carbocycles. The summed E-state index contributed by atoms with van der Waals surface area (Å²) in [4.78, 5) is 31.4. The minimum atomic E-state index is -0.401. The summed E-state index contributed by atoms with van der Waals surface area (Å²) < 4.78 is 1.33. The highest BCUT2D eigenvalue weighted by Gasteiger charge is 2.20. The molecule has 4 rings (SSSR count). The van der Waals surface area contributed by atoms with Crippen LogP contribution in [-0.2, 0) is 24.2 Å².